The molecule has 0 bridgehead atoms. The zero-order chi connectivity index (χ0) is 16.4. The molecule has 0 radical (unpaired) electrons. The first-order chi connectivity index (χ1) is 10.3. The quantitative estimate of drug-likeness (QED) is 0.647. The van der Waals surface area contributed by atoms with Crippen LogP contribution in [0, 0.1) is 24.0 Å². The number of carbonyl (C=O) groups excluding carboxylic acids is 1. The number of hydrogen-bond acceptors (Lipinski definition) is 3. The molecule has 5 nitrogen and oxygen atoms in total. The van der Waals surface area contributed by atoms with Crippen molar-refractivity contribution in [1.29, 1.82) is 0 Å². The summed E-state index contributed by atoms with van der Waals surface area (Å²) in [4.78, 5) is 22.9. The molecule has 2 aromatic rings. The van der Waals surface area contributed by atoms with E-state index in [-0.39, 0.29) is 22.0 Å². The molecule has 22 heavy (non-hydrogen) atoms. The SMILES string of the molecule is Cc1ccc([N+](=O)[O-])c(NC(=O)c2ccc(Cl)c(Cl)c2)c1C. The van der Waals surface area contributed by atoms with Crippen molar-refractivity contribution in [1.82, 2.24) is 0 Å². The van der Waals surface area contributed by atoms with Crippen molar-refractivity contribution < 1.29 is 9.72 Å². The Balaban J connectivity index is 2.41. The second-order valence-corrected chi connectivity index (χ2v) is 5.56. The first-order valence-electron chi connectivity index (χ1n) is 6.32. The number of aryl methyl sites for hydroxylation is 1. The maximum atomic E-state index is 12.3. The molecule has 7 heteroatoms. The fraction of sp³-hybridized carbons (Fsp3) is 0.133. The van der Waals surface area contributed by atoms with Crippen LogP contribution in [0.1, 0.15) is 21.5 Å². The summed E-state index contributed by atoms with van der Waals surface area (Å²) in [6, 6.07) is 7.42. The Labute approximate surface area is 137 Å². The number of halogens is 2. The maximum absolute atomic E-state index is 12.3. The number of benzene rings is 2. The number of carbonyl (C=O) groups is 1. The van der Waals surface area contributed by atoms with E-state index in [2.05, 4.69) is 5.32 Å². The minimum absolute atomic E-state index is 0.156. The number of nitro benzene ring substituents is 1. The van der Waals surface area contributed by atoms with Crippen LogP contribution in [0.2, 0.25) is 10.0 Å². The van der Waals surface area contributed by atoms with Gasteiger partial charge < -0.3 is 5.32 Å². The second-order valence-electron chi connectivity index (χ2n) is 4.74. The van der Waals surface area contributed by atoms with E-state index in [0.29, 0.717) is 10.6 Å². The minimum Gasteiger partial charge on any atom is -0.316 e. The molecule has 114 valence electrons. The summed E-state index contributed by atoms with van der Waals surface area (Å²) in [5.74, 6) is -0.490. The van der Waals surface area contributed by atoms with Gasteiger partial charge in [-0.15, -0.1) is 0 Å². The lowest BCUT2D eigenvalue weighted by Gasteiger charge is -2.11. The maximum Gasteiger partial charge on any atom is 0.293 e. The molecule has 1 amide bonds. The smallest absolute Gasteiger partial charge is 0.293 e. The van der Waals surface area contributed by atoms with E-state index in [9.17, 15) is 14.9 Å². The van der Waals surface area contributed by atoms with Gasteiger partial charge in [-0.05, 0) is 43.2 Å². The second kappa shape index (κ2) is 6.34. The molecule has 2 aromatic carbocycles. The van der Waals surface area contributed by atoms with Crippen LogP contribution in [-0.4, -0.2) is 10.8 Å². The van der Waals surface area contributed by atoms with Gasteiger partial charge in [-0.2, -0.15) is 0 Å². The Morgan fingerprint density at radius 1 is 1.14 bits per heavy atom. The highest BCUT2D eigenvalue weighted by molar-refractivity contribution is 6.42. The highest BCUT2D eigenvalue weighted by Crippen LogP contribution is 2.31. The Bertz CT molecular complexity index is 776. The third kappa shape index (κ3) is 3.21. The summed E-state index contributed by atoms with van der Waals surface area (Å²) in [5.41, 5.74) is 1.78. The molecule has 2 rings (SSSR count). The summed E-state index contributed by atoms with van der Waals surface area (Å²) in [6.45, 7) is 3.53. The average Bonchev–Trinajstić information content (AvgIpc) is 2.46. The highest BCUT2D eigenvalue weighted by atomic mass is 35.5. The average molecular weight is 339 g/mol. The Hall–Kier alpha value is -2.11. The van der Waals surface area contributed by atoms with Gasteiger partial charge in [0.25, 0.3) is 11.6 Å². The van der Waals surface area contributed by atoms with Crippen molar-refractivity contribution in [2.75, 3.05) is 5.32 Å². The van der Waals surface area contributed by atoms with Crippen LogP contribution >= 0.6 is 23.2 Å². The number of nitrogens with one attached hydrogen (secondary N) is 1. The van der Waals surface area contributed by atoms with Crippen LogP contribution < -0.4 is 5.32 Å². The van der Waals surface area contributed by atoms with Gasteiger partial charge in [0.05, 0.1) is 15.0 Å². The van der Waals surface area contributed by atoms with Crippen LogP contribution in [0.4, 0.5) is 11.4 Å². The molecule has 0 aliphatic heterocycles. The van der Waals surface area contributed by atoms with Crippen molar-refractivity contribution in [2.24, 2.45) is 0 Å². The summed E-state index contributed by atoms with van der Waals surface area (Å²) in [7, 11) is 0. The predicted molar refractivity (Wildman–Crippen MR) is 87.0 cm³/mol. The number of nitro groups is 1. The molecule has 0 saturated carbocycles. The van der Waals surface area contributed by atoms with Gasteiger partial charge in [0.2, 0.25) is 0 Å². The van der Waals surface area contributed by atoms with Gasteiger partial charge in [-0.3, -0.25) is 14.9 Å². The molecule has 0 spiro atoms. The van der Waals surface area contributed by atoms with Gasteiger partial charge >= 0.3 is 0 Å². The van der Waals surface area contributed by atoms with Crippen LogP contribution in [0.25, 0.3) is 0 Å². The summed E-state index contributed by atoms with van der Waals surface area (Å²) < 4.78 is 0. The van der Waals surface area contributed by atoms with Crippen molar-refractivity contribution >= 4 is 40.5 Å². The summed E-state index contributed by atoms with van der Waals surface area (Å²) >= 11 is 11.7. The van der Waals surface area contributed by atoms with Crippen LogP contribution in [-0.2, 0) is 0 Å². The Kier molecular flexibility index (Phi) is 4.68. The number of anilines is 1. The van der Waals surface area contributed by atoms with Crippen LogP contribution in [0.15, 0.2) is 30.3 Å². The number of hydrogen-bond donors (Lipinski definition) is 1. The van der Waals surface area contributed by atoms with Gasteiger partial charge in [0.15, 0.2) is 0 Å². The van der Waals surface area contributed by atoms with E-state index in [0.717, 1.165) is 5.56 Å². The van der Waals surface area contributed by atoms with Gasteiger partial charge in [0.1, 0.15) is 5.69 Å². The first kappa shape index (κ1) is 16.3. The largest absolute Gasteiger partial charge is 0.316 e. The van der Waals surface area contributed by atoms with Crippen LogP contribution in [0.5, 0.6) is 0 Å². The molecule has 0 aliphatic rings. The normalized spacial score (nSPS) is 10.4. The molecule has 1 N–H and O–H groups in total. The molecular formula is C15H12Cl2N2O3. The van der Waals surface area contributed by atoms with Gasteiger partial charge in [-0.1, -0.05) is 29.3 Å². The fourth-order valence-corrected chi connectivity index (χ4v) is 2.23. The zero-order valence-electron chi connectivity index (χ0n) is 11.8. The van der Waals surface area contributed by atoms with E-state index in [1.807, 2.05) is 6.92 Å². The molecule has 0 unspecified atom stereocenters. The molecule has 0 aromatic heterocycles. The Morgan fingerprint density at radius 2 is 1.82 bits per heavy atom. The monoisotopic (exact) mass is 338 g/mol. The molecular weight excluding hydrogens is 327 g/mol. The summed E-state index contributed by atoms with van der Waals surface area (Å²) in [5, 5.41) is 14.3. The highest BCUT2D eigenvalue weighted by Gasteiger charge is 2.20. The van der Waals surface area contributed by atoms with E-state index in [1.165, 1.54) is 24.3 Å². The third-order valence-corrected chi connectivity index (χ3v) is 4.07. The lowest BCUT2D eigenvalue weighted by atomic mass is 10.1. The predicted octanol–water partition coefficient (Wildman–Crippen LogP) is 4.77. The number of nitrogens with zero attached hydrogens (tertiary/aromatic N) is 1. The molecule has 0 saturated heterocycles. The first-order valence-corrected chi connectivity index (χ1v) is 7.08. The van der Waals surface area contributed by atoms with Crippen molar-refractivity contribution in [3.63, 3.8) is 0 Å². The van der Waals surface area contributed by atoms with Gasteiger partial charge in [-0.25, -0.2) is 0 Å². The van der Waals surface area contributed by atoms with Crippen molar-refractivity contribution in [2.45, 2.75) is 13.8 Å². The van der Waals surface area contributed by atoms with E-state index in [1.54, 1.807) is 13.0 Å². The van der Waals surface area contributed by atoms with Crippen molar-refractivity contribution in [3.8, 4) is 0 Å². The summed E-state index contributed by atoms with van der Waals surface area (Å²) in [6.07, 6.45) is 0. The topological polar surface area (TPSA) is 72.2 Å². The molecule has 0 fully saturated rings. The Morgan fingerprint density at radius 3 is 2.41 bits per heavy atom. The van der Waals surface area contributed by atoms with Crippen molar-refractivity contribution in [3.05, 3.63) is 67.2 Å². The van der Waals surface area contributed by atoms with E-state index in [4.69, 9.17) is 23.2 Å². The molecule has 0 atom stereocenters. The van der Waals surface area contributed by atoms with E-state index < -0.39 is 10.8 Å². The zero-order valence-corrected chi connectivity index (χ0v) is 13.3. The van der Waals surface area contributed by atoms with E-state index >= 15 is 0 Å². The third-order valence-electron chi connectivity index (χ3n) is 3.33. The lowest BCUT2D eigenvalue weighted by molar-refractivity contribution is -0.384. The number of amides is 1. The minimum atomic E-state index is -0.531. The van der Waals surface area contributed by atoms with Gasteiger partial charge in [0, 0.05) is 11.6 Å². The molecule has 0 heterocycles. The molecule has 0 aliphatic carbocycles. The lowest BCUT2D eigenvalue weighted by Crippen LogP contribution is -2.14. The standard InChI is InChI=1S/C15H12Cl2N2O3/c1-8-3-6-13(19(21)22)14(9(8)2)18-15(20)10-4-5-11(16)12(17)7-10/h3-7H,1-2H3,(H,18,20). The number of rotatable bonds is 3. The fourth-order valence-electron chi connectivity index (χ4n) is 1.93. The van der Waals surface area contributed by atoms with Crippen LogP contribution in [0.3, 0.4) is 0 Å².